The van der Waals surface area contributed by atoms with Crippen molar-refractivity contribution in [2.45, 2.75) is 19.4 Å². The normalized spacial score (nSPS) is 11.9. The van der Waals surface area contributed by atoms with Gasteiger partial charge >= 0.3 is 0 Å². The number of aromatic amines is 1. The molecule has 0 fully saturated rings. The summed E-state index contributed by atoms with van der Waals surface area (Å²) >= 11 is 3.29. The first-order chi connectivity index (χ1) is 7.33. The Labute approximate surface area is 105 Å². The van der Waals surface area contributed by atoms with Gasteiger partial charge in [-0.15, -0.1) is 0 Å². The van der Waals surface area contributed by atoms with Crippen LogP contribution in [0.1, 0.15) is 24.3 Å². The molecule has 0 saturated carbocycles. The molecule has 5 heteroatoms. The van der Waals surface area contributed by atoms with Crippen LogP contribution in [0.4, 0.5) is 0 Å². The van der Waals surface area contributed by atoms with Crippen LogP contribution in [0.3, 0.4) is 0 Å². The average molecular weight is 288 g/mol. The molecule has 0 aliphatic carbocycles. The van der Waals surface area contributed by atoms with Crippen molar-refractivity contribution in [1.82, 2.24) is 15.2 Å². The van der Waals surface area contributed by atoms with Crippen LogP contribution >= 0.6 is 15.9 Å². The van der Waals surface area contributed by atoms with Gasteiger partial charge in [0.15, 0.2) is 0 Å². The maximum absolute atomic E-state index is 11.7. The highest BCUT2D eigenvalue weighted by Crippen LogP contribution is 2.11. The van der Waals surface area contributed by atoms with Crippen molar-refractivity contribution in [2.75, 3.05) is 20.6 Å². The number of hydrogen-bond acceptors (Lipinski definition) is 2. The summed E-state index contributed by atoms with van der Waals surface area (Å²) in [6.45, 7) is 4.77. The van der Waals surface area contributed by atoms with E-state index in [9.17, 15) is 4.79 Å². The van der Waals surface area contributed by atoms with E-state index in [-0.39, 0.29) is 11.4 Å². The van der Waals surface area contributed by atoms with Crippen molar-refractivity contribution in [3.05, 3.63) is 22.4 Å². The molecular weight excluding hydrogens is 270 g/mol. The van der Waals surface area contributed by atoms with Gasteiger partial charge in [-0.1, -0.05) is 0 Å². The standard InChI is InChI=1S/C11H18BrN3O/c1-11(2,15(3)4)7-14-10(16)9-5-8(12)6-13-9/h5-6,13H,7H2,1-4H3,(H,14,16). The predicted molar refractivity (Wildman–Crippen MR) is 68.6 cm³/mol. The second-order valence-corrected chi connectivity index (χ2v) is 5.54. The van der Waals surface area contributed by atoms with E-state index in [1.165, 1.54) is 0 Å². The molecule has 4 nitrogen and oxygen atoms in total. The van der Waals surface area contributed by atoms with Gasteiger partial charge in [-0.05, 0) is 49.9 Å². The van der Waals surface area contributed by atoms with Gasteiger partial charge in [0.2, 0.25) is 0 Å². The van der Waals surface area contributed by atoms with Gasteiger partial charge in [0.05, 0.1) is 0 Å². The van der Waals surface area contributed by atoms with Crippen LogP contribution < -0.4 is 5.32 Å². The van der Waals surface area contributed by atoms with E-state index in [0.29, 0.717) is 12.2 Å². The lowest BCUT2D eigenvalue weighted by Gasteiger charge is -2.32. The summed E-state index contributed by atoms with van der Waals surface area (Å²) in [5.74, 6) is -0.0828. The van der Waals surface area contributed by atoms with E-state index >= 15 is 0 Å². The Balaban J connectivity index is 2.54. The molecule has 0 saturated heterocycles. The van der Waals surface area contributed by atoms with E-state index in [2.05, 4.69) is 45.0 Å². The Morgan fingerprint density at radius 3 is 2.62 bits per heavy atom. The highest BCUT2D eigenvalue weighted by atomic mass is 79.9. The minimum Gasteiger partial charge on any atom is -0.356 e. The van der Waals surface area contributed by atoms with Gasteiger partial charge in [-0.3, -0.25) is 4.79 Å². The molecule has 0 spiro atoms. The summed E-state index contributed by atoms with van der Waals surface area (Å²) in [7, 11) is 3.99. The number of carbonyl (C=O) groups is 1. The molecule has 1 heterocycles. The highest BCUT2D eigenvalue weighted by molar-refractivity contribution is 9.10. The number of nitrogens with zero attached hydrogens (tertiary/aromatic N) is 1. The van der Waals surface area contributed by atoms with E-state index < -0.39 is 0 Å². The molecule has 0 bridgehead atoms. The number of halogens is 1. The van der Waals surface area contributed by atoms with Crippen LogP contribution in [-0.4, -0.2) is 42.0 Å². The molecule has 0 unspecified atom stereocenters. The fraction of sp³-hybridized carbons (Fsp3) is 0.545. The Bertz CT molecular complexity index is 371. The third kappa shape index (κ3) is 3.35. The predicted octanol–water partition coefficient (Wildman–Crippen LogP) is 1.85. The third-order valence-electron chi connectivity index (χ3n) is 2.78. The number of nitrogens with one attached hydrogen (secondary N) is 2. The number of aromatic nitrogens is 1. The van der Waals surface area contributed by atoms with E-state index in [1.807, 2.05) is 14.1 Å². The van der Waals surface area contributed by atoms with Crippen molar-refractivity contribution >= 4 is 21.8 Å². The largest absolute Gasteiger partial charge is 0.356 e. The van der Waals surface area contributed by atoms with Gasteiger partial charge in [0.1, 0.15) is 5.69 Å². The number of rotatable bonds is 4. The molecule has 1 rings (SSSR count). The van der Waals surface area contributed by atoms with Crippen LogP contribution in [-0.2, 0) is 0 Å². The number of amides is 1. The van der Waals surface area contributed by atoms with Crippen LogP contribution in [0.25, 0.3) is 0 Å². The van der Waals surface area contributed by atoms with Crippen LogP contribution in [0.15, 0.2) is 16.7 Å². The molecule has 0 aliphatic heterocycles. The molecule has 16 heavy (non-hydrogen) atoms. The number of carbonyl (C=O) groups excluding carboxylic acids is 1. The summed E-state index contributed by atoms with van der Waals surface area (Å²) in [4.78, 5) is 16.7. The molecule has 0 radical (unpaired) electrons. The molecule has 0 aromatic carbocycles. The average Bonchev–Trinajstić information content (AvgIpc) is 2.61. The molecule has 0 aliphatic rings. The van der Waals surface area contributed by atoms with Gasteiger partial charge in [0.25, 0.3) is 5.91 Å². The van der Waals surface area contributed by atoms with Crippen molar-refractivity contribution in [3.63, 3.8) is 0 Å². The van der Waals surface area contributed by atoms with Crippen LogP contribution in [0.5, 0.6) is 0 Å². The van der Waals surface area contributed by atoms with Gasteiger partial charge in [-0.2, -0.15) is 0 Å². The summed E-state index contributed by atoms with van der Waals surface area (Å²) in [6, 6.07) is 1.76. The lowest BCUT2D eigenvalue weighted by Crippen LogP contribution is -2.48. The Morgan fingerprint density at radius 2 is 2.19 bits per heavy atom. The number of H-pyrrole nitrogens is 1. The summed E-state index contributed by atoms with van der Waals surface area (Å²) in [5.41, 5.74) is 0.515. The zero-order chi connectivity index (χ0) is 12.3. The Hall–Kier alpha value is -0.810. The highest BCUT2D eigenvalue weighted by Gasteiger charge is 2.21. The van der Waals surface area contributed by atoms with Gasteiger partial charge in [-0.25, -0.2) is 0 Å². The summed E-state index contributed by atoms with van der Waals surface area (Å²) in [6.07, 6.45) is 1.74. The Morgan fingerprint density at radius 1 is 1.56 bits per heavy atom. The first-order valence-electron chi connectivity index (χ1n) is 5.12. The molecular formula is C11H18BrN3O. The van der Waals surface area contributed by atoms with Gasteiger partial charge < -0.3 is 15.2 Å². The van der Waals surface area contributed by atoms with Crippen molar-refractivity contribution in [2.24, 2.45) is 0 Å². The molecule has 1 amide bonds. The van der Waals surface area contributed by atoms with Crippen LogP contribution in [0.2, 0.25) is 0 Å². The van der Waals surface area contributed by atoms with Crippen molar-refractivity contribution in [1.29, 1.82) is 0 Å². The third-order valence-corrected chi connectivity index (χ3v) is 3.24. The Kier molecular flexibility index (Phi) is 4.15. The van der Waals surface area contributed by atoms with Gasteiger partial charge in [0, 0.05) is 22.8 Å². The smallest absolute Gasteiger partial charge is 0.267 e. The maximum atomic E-state index is 11.7. The maximum Gasteiger partial charge on any atom is 0.267 e. The second-order valence-electron chi connectivity index (χ2n) is 4.62. The zero-order valence-electron chi connectivity index (χ0n) is 10.1. The minimum atomic E-state index is -0.0828. The fourth-order valence-corrected chi connectivity index (χ4v) is 1.39. The zero-order valence-corrected chi connectivity index (χ0v) is 11.7. The lowest BCUT2D eigenvalue weighted by atomic mass is 10.0. The molecule has 2 N–H and O–H groups in total. The molecule has 1 aromatic rings. The monoisotopic (exact) mass is 287 g/mol. The fourth-order valence-electron chi connectivity index (χ4n) is 1.05. The second kappa shape index (κ2) is 5.01. The van der Waals surface area contributed by atoms with Crippen molar-refractivity contribution in [3.8, 4) is 0 Å². The summed E-state index contributed by atoms with van der Waals surface area (Å²) in [5, 5.41) is 2.90. The van der Waals surface area contributed by atoms with Crippen molar-refractivity contribution < 1.29 is 4.79 Å². The quantitative estimate of drug-likeness (QED) is 0.888. The number of likely N-dealkylation sites (N-methyl/N-ethyl adjacent to an activating group) is 1. The molecule has 1 aromatic heterocycles. The first-order valence-corrected chi connectivity index (χ1v) is 5.92. The van der Waals surface area contributed by atoms with Crippen LogP contribution in [0, 0.1) is 0 Å². The van der Waals surface area contributed by atoms with E-state index in [1.54, 1.807) is 12.3 Å². The minimum absolute atomic E-state index is 0.0561. The topological polar surface area (TPSA) is 48.1 Å². The van der Waals surface area contributed by atoms with E-state index in [0.717, 1.165) is 4.47 Å². The number of hydrogen-bond donors (Lipinski definition) is 2. The van der Waals surface area contributed by atoms with E-state index in [4.69, 9.17) is 0 Å². The summed E-state index contributed by atoms with van der Waals surface area (Å²) < 4.78 is 0.879. The lowest BCUT2D eigenvalue weighted by molar-refractivity contribution is 0.0915. The molecule has 0 atom stereocenters. The SMILES string of the molecule is CN(C)C(C)(C)CNC(=O)c1cc(Br)c[nH]1. The molecule has 90 valence electrons. The first kappa shape index (κ1) is 13.3.